The van der Waals surface area contributed by atoms with Crippen molar-refractivity contribution >= 4 is 27.2 Å². The number of aromatic nitrogens is 9. The summed E-state index contributed by atoms with van der Waals surface area (Å²) in [6.45, 7) is 21.0. The molecule has 0 fully saturated rings. The molecule has 0 atom stereocenters. The van der Waals surface area contributed by atoms with E-state index in [0.717, 1.165) is 116 Å². The Labute approximate surface area is 831 Å². The Morgan fingerprint density at radius 1 is 0.189 bits per heavy atom. The second kappa shape index (κ2) is 36.6. The molecule has 0 saturated carbocycles. The molecule has 0 aliphatic heterocycles. The van der Waals surface area contributed by atoms with Crippen LogP contribution < -0.4 is 0 Å². The lowest BCUT2D eigenvalue weighted by Gasteiger charge is -2.22. The molecule has 0 N–H and O–H groups in total. The second-order valence-corrected chi connectivity index (χ2v) is 38.1. The zero-order valence-electron chi connectivity index (χ0n) is 79.4. The predicted molar refractivity (Wildman–Crippen MR) is 579 cm³/mol. The van der Waals surface area contributed by atoms with Gasteiger partial charge in [-0.1, -0.05) is 393 Å². The largest absolute Gasteiger partial charge is 0.238 e. The second-order valence-electron chi connectivity index (χ2n) is 38.1. The molecule has 0 spiro atoms. The minimum atomic E-state index is -0.192. The maximum absolute atomic E-state index is 9.59. The Hall–Kier alpha value is -18.8. The standard InChI is InChI=1S/C49H34N4.C45H30N4.C37H26N4/c1-49(2)44-24-22-37(30-43(44)42-23-21-32(31-50)25-45(42)49)36-19-12-20-38(26-36)47-51-46(35-17-10-5-11-18-35)52-48(53-47)41-28-39(33-13-6-3-7-14-33)27-40(29-41)34-15-8-4-9-16-34;1-45(2)40-21-19-34(26-39(40)38-20-14-28(27-46)22-41(38)45)33-12-7-13-35(25-33)42-47-43(36-17-15-29-8-3-5-10-31(29)23-36)49-44(48-42)37-18-16-30-9-4-6-11-32(30)24-37;1-37(2)31-19-11-18-29(33(31)30-21-20-28(38-3)23-32(30)37)26-16-10-17-27(22-26)36-40-34(24-12-6-4-7-13-24)39-35(41-36)25-14-8-5-9-15-25/h3-30H,1-2H3;3-26H,1-2H3;4-23H,1-2H3. The summed E-state index contributed by atoms with van der Waals surface area (Å²) in [4.78, 5) is 48.9. The quantitative estimate of drug-likeness (QED) is 0.0950. The van der Waals surface area contributed by atoms with Gasteiger partial charge in [-0.3, -0.25) is 0 Å². The molecule has 22 aromatic rings. The zero-order valence-corrected chi connectivity index (χ0v) is 79.4. The first-order valence-corrected chi connectivity index (χ1v) is 48.0. The van der Waals surface area contributed by atoms with Gasteiger partial charge in [0.25, 0.3) is 0 Å². The molecule has 12 nitrogen and oxygen atoms in total. The van der Waals surface area contributed by atoms with Crippen LogP contribution in [0.4, 0.5) is 5.69 Å². The molecule has 674 valence electrons. The Balaban J connectivity index is 0.000000120. The van der Waals surface area contributed by atoms with Crippen LogP contribution in [0.25, 0.3) is 218 Å². The highest BCUT2D eigenvalue weighted by atomic mass is 15.1. The van der Waals surface area contributed by atoms with E-state index in [9.17, 15) is 10.5 Å². The summed E-state index contributed by atoms with van der Waals surface area (Å²) in [5, 5.41) is 23.8. The monoisotopic (exact) mass is 1830 g/mol. The Morgan fingerprint density at radius 2 is 0.483 bits per heavy atom. The molecule has 0 unspecified atom stereocenters. The van der Waals surface area contributed by atoms with E-state index in [2.05, 4.69) is 356 Å². The molecule has 25 rings (SSSR count). The van der Waals surface area contributed by atoms with E-state index >= 15 is 0 Å². The lowest BCUT2D eigenvalue weighted by Crippen LogP contribution is -2.15. The highest BCUT2D eigenvalue weighted by molar-refractivity contribution is 5.96. The smallest absolute Gasteiger partial charge is 0.187 e. The topological polar surface area (TPSA) is 168 Å². The van der Waals surface area contributed by atoms with Gasteiger partial charge in [-0.05, 0) is 229 Å². The number of benzene rings is 19. The minimum absolute atomic E-state index is 0.179. The fraction of sp³-hybridized carbons (Fsp3) is 0.0687. The normalized spacial score (nSPS) is 12.7. The lowest BCUT2D eigenvalue weighted by molar-refractivity contribution is 0.660. The molecule has 12 heteroatoms. The van der Waals surface area contributed by atoms with Crippen molar-refractivity contribution in [3.8, 4) is 204 Å². The highest BCUT2D eigenvalue weighted by Crippen LogP contribution is 2.56. The van der Waals surface area contributed by atoms with Crippen molar-refractivity contribution in [2.75, 3.05) is 0 Å². The maximum atomic E-state index is 9.59. The van der Waals surface area contributed by atoms with Gasteiger partial charge in [0.05, 0.1) is 29.8 Å². The third-order valence-corrected chi connectivity index (χ3v) is 28.2. The van der Waals surface area contributed by atoms with Crippen LogP contribution in [-0.2, 0) is 16.2 Å². The van der Waals surface area contributed by atoms with Crippen LogP contribution in [0, 0.1) is 29.2 Å². The number of rotatable bonds is 14. The number of hydrogen-bond donors (Lipinski definition) is 0. The molecule has 0 bridgehead atoms. The highest BCUT2D eigenvalue weighted by Gasteiger charge is 2.40. The van der Waals surface area contributed by atoms with Gasteiger partial charge < -0.3 is 0 Å². The first-order valence-electron chi connectivity index (χ1n) is 48.0. The summed E-state index contributed by atoms with van der Waals surface area (Å²) in [6, 6.07) is 155. The Morgan fingerprint density at radius 3 is 0.888 bits per heavy atom. The maximum Gasteiger partial charge on any atom is 0.187 e. The van der Waals surface area contributed by atoms with Crippen molar-refractivity contribution in [1.82, 2.24) is 44.9 Å². The van der Waals surface area contributed by atoms with E-state index in [1.165, 1.54) is 77.5 Å². The van der Waals surface area contributed by atoms with E-state index in [0.29, 0.717) is 69.2 Å². The van der Waals surface area contributed by atoms with Gasteiger partial charge in [0.2, 0.25) is 0 Å². The molecular weight excluding hydrogens is 1740 g/mol. The van der Waals surface area contributed by atoms with Crippen molar-refractivity contribution in [3.63, 3.8) is 0 Å². The summed E-state index contributed by atoms with van der Waals surface area (Å²) in [5.41, 5.74) is 35.6. The summed E-state index contributed by atoms with van der Waals surface area (Å²) < 4.78 is 0. The van der Waals surface area contributed by atoms with Gasteiger partial charge in [0.15, 0.2) is 58.1 Å². The minimum Gasteiger partial charge on any atom is -0.238 e. The molecule has 3 heterocycles. The molecule has 0 saturated heterocycles. The summed E-state index contributed by atoms with van der Waals surface area (Å²) in [6.07, 6.45) is 0. The fourth-order valence-corrected chi connectivity index (χ4v) is 20.7. The van der Waals surface area contributed by atoms with E-state index in [1.807, 2.05) is 140 Å². The summed E-state index contributed by atoms with van der Waals surface area (Å²) in [5.74, 6) is 5.67. The van der Waals surface area contributed by atoms with Gasteiger partial charge in [-0.2, -0.15) is 10.5 Å². The van der Waals surface area contributed by atoms with Gasteiger partial charge in [0.1, 0.15) is 0 Å². The van der Waals surface area contributed by atoms with E-state index in [4.69, 9.17) is 51.4 Å². The summed E-state index contributed by atoms with van der Waals surface area (Å²) in [7, 11) is 0. The van der Waals surface area contributed by atoms with Gasteiger partial charge in [-0.25, -0.2) is 49.7 Å². The summed E-state index contributed by atoms with van der Waals surface area (Å²) >= 11 is 0. The van der Waals surface area contributed by atoms with E-state index in [-0.39, 0.29) is 16.2 Å². The van der Waals surface area contributed by atoms with Crippen molar-refractivity contribution < 1.29 is 0 Å². The van der Waals surface area contributed by atoms with Crippen molar-refractivity contribution in [2.24, 2.45) is 0 Å². The van der Waals surface area contributed by atoms with Crippen molar-refractivity contribution in [2.45, 2.75) is 57.8 Å². The molecule has 143 heavy (non-hydrogen) atoms. The van der Waals surface area contributed by atoms with Crippen LogP contribution in [-0.4, -0.2) is 44.9 Å². The van der Waals surface area contributed by atoms with Gasteiger partial charge in [0, 0.05) is 66.3 Å². The molecule has 3 aliphatic rings. The molecular formula is C131H90N12. The van der Waals surface area contributed by atoms with Crippen LogP contribution in [0.1, 0.15) is 86.1 Å². The molecule has 3 aliphatic carbocycles. The first kappa shape index (κ1) is 88.2. The van der Waals surface area contributed by atoms with Gasteiger partial charge >= 0.3 is 0 Å². The van der Waals surface area contributed by atoms with Crippen LogP contribution in [0.15, 0.2) is 437 Å². The first-order chi connectivity index (χ1) is 69.9. The average molecular weight is 1830 g/mol. The fourth-order valence-electron chi connectivity index (χ4n) is 20.7. The van der Waals surface area contributed by atoms with Crippen LogP contribution in [0.3, 0.4) is 0 Å². The molecule has 3 aromatic heterocycles. The van der Waals surface area contributed by atoms with Crippen LogP contribution >= 0.6 is 0 Å². The predicted octanol–water partition coefficient (Wildman–Crippen LogP) is 32.5. The van der Waals surface area contributed by atoms with E-state index < -0.39 is 0 Å². The zero-order chi connectivity index (χ0) is 97.0. The van der Waals surface area contributed by atoms with E-state index in [1.54, 1.807) is 0 Å². The Bertz CT molecular complexity index is 8750. The lowest BCUT2D eigenvalue weighted by atomic mass is 9.81. The molecule has 0 amide bonds. The number of nitriles is 2. The number of fused-ring (bicyclic) bond motifs is 11. The SMILES string of the molecule is CC1(C)c2ccc(-c3cccc(-c4nc(-c5ccc6ccccc6c5)nc(-c5ccc6ccccc6c5)n4)c3)cc2-c2ccc(C#N)cc21.CC1(C)c2ccc(-c3cccc(-c4nc(-c5ccccc5)nc(-c5cc(-c6ccccc6)cc(-c6ccccc6)c5)n4)c3)cc2-c2ccc(C#N)cc21.[C-]#[N+]c1ccc2c(c1)C(C)(C)c1cccc(-c3cccc(-c4nc(-c5ccccc5)nc(-c5ccccc5)n4)c3)c1-2. The Kier molecular flexibility index (Phi) is 22.6. The van der Waals surface area contributed by atoms with Gasteiger partial charge in [-0.15, -0.1) is 0 Å². The van der Waals surface area contributed by atoms with Crippen molar-refractivity contribution in [1.29, 1.82) is 10.5 Å². The number of nitrogens with zero attached hydrogens (tertiary/aromatic N) is 12. The van der Waals surface area contributed by atoms with Crippen LogP contribution in [0.5, 0.6) is 0 Å². The number of hydrogen-bond acceptors (Lipinski definition) is 11. The third-order valence-electron chi connectivity index (χ3n) is 28.2. The molecule has 0 radical (unpaired) electrons. The van der Waals surface area contributed by atoms with Crippen LogP contribution in [0.2, 0.25) is 0 Å². The van der Waals surface area contributed by atoms with Crippen molar-refractivity contribution in [3.05, 3.63) is 493 Å². The third kappa shape index (κ3) is 16.8. The molecule has 19 aromatic carbocycles. The average Bonchev–Trinajstić information content (AvgIpc) is 1.59.